The van der Waals surface area contributed by atoms with Gasteiger partial charge in [0.05, 0.1) is 12.1 Å². The lowest BCUT2D eigenvalue weighted by Crippen LogP contribution is -2.62. The number of hydrogen-bond donors (Lipinski definition) is 6. The Balaban J connectivity index is 1.47. The Morgan fingerprint density at radius 1 is 0.464 bits per heavy atom. The Hall–Kier alpha value is -5.72. The van der Waals surface area contributed by atoms with Crippen molar-refractivity contribution in [3.63, 3.8) is 0 Å². The van der Waals surface area contributed by atoms with Gasteiger partial charge in [0.2, 0.25) is 11.8 Å². The molecule has 4 aromatic rings. The number of aliphatic hydroxyl groups excluding tert-OH is 2. The molecule has 0 saturated heterocycles. The highest BCUT2D eigenvalue weighted by Crippen LogP contribution is 2.18. The Bertz CT molecular complexity index is 1660. The van der Waals surface area contributed by atoms with Gasteiger partial charge in [-0.1, -0.05) is 149 Å². The van der Waals surface area contributed by atoms with Crippen molar-refractivity contribution in [2.24, 2.45) is 11.8 Å². The molecule has 0 heterocycles. The molecule has 0 saturated carbocycles. The Labute approximate surface area is 329 Å². The maximum absolute atomic E-state index is 13.9. The second-order valence-electron chi connectivity index (χ2n) is 14.4. The lowest BCUT2D eigenvalue weighted by atomic mass is 9.87. The summed E-state index contributed by atoms with van der Waals surface area (Å²) in [5, 5.41) is 34.4. The third kappa shape index (κ3) is 13.8. The first-order valence-corrected chi connectivity index (χ1v) is 18.9. The predicted octanol–water partition coefficient (Wildman–Crippen LogP) is 5.07. The van der Waals surface area contributed by atoms with Gasteiger partial charge in [-0.15, -0.1) is 0 Å². The van der Waals surface area contributed by atoms with Crippen molar-refractivity contribution in [1.82, 2.24) is 21.3 Å². The molecule has 4 aromatic carbocycles. The number of hydrogen-bond acceptors (Lipinski definition) is 8. The number of nitrogens with one attached hydrogen (secondary N) is 4. The summed E-state index contributed by atoms with van der Waals surface area (Å²) in [7, 11) is 0. The van der Waals surface area contributed by atoms with Gasteiger partial charge in [-0.3, -0.25) is 9.59 Å². The first-order chi connectivity index (χ1) is 26.9. The van der Waals surface area contributed by atoms with Crippen LogP contribution in [0, 0.1) is 11.8 Å². The van der Waals surface area contributed by atoms with Crippen LogP contribution >= 0.6 is 0 Å². The number of ether oxygens (including phenoxy) is 2. The molecule has 6 atom stereocenters. The SMILES string of the molecule is CC(C)[C@H](NC(=O)[C@@H](Cc1ccccc1)NC(=O)OCc1ccccc1)[C@@H](O)[C@H](O)[C@@H](NC(=O)[C@@H](Cc1ccccc1)NC(=O)OCc1ccccc1)C(C)C. The van der Waals surface area contributed by atoms with Gasteiger partial charge in [-0.05, 0) is 34.1 Å². The van der Waals surface area contributed by atoms with Gasteiger partial charge in [0.25, 0.3) is 0 Å². The molecule has 4 amide bonds. The minimum Gasteiger partial charge on any atom is -0.445 e. The average Bonchev–Trinajstić information content (AvgIpc) is 3.20. The van der Waals surface area contributed by atoms with Crippen LogP contribution in [0.4, 0.5) is 9.59 Å². The molecular formula is C44H54N4O8. The molecule has 0 aromatic heterocycles. The Morgan fingerprint density at radius 2 is 0.750 bits per heavy atom. The molecule has 0 radical (unpaired) electrons. The van der Waals surface area contributed by atoms with Gasteiger partial charge in [-0.2, -0.15) is 0 Å². The topological polar surface area (TPSA) is 175 Å². The smallest absolute Gasteiger partial charge is 0.408 e. The predicted molar refractivity (Wildman–Crippen MR) is 213 cm³/mol. The zero-order chi connectivity index (χ0) is 40.5. The third-order valence-electron chi connectivity index (χ3n) is 9.35. The Morgan fingerprint density at radius 3 is 1.04 bits per heavy atom. The van der Waals surface area contributed by atoms with E-state index in [4.69, 9.17) is 9.47 Å². The summed E-state index contributed by atoms with van der Waals surface area (Å²) < 4.78 is 10.8. The first kappa shape index (κ1) is 43.0. The van der Waals surface area contributed by atoms with Gasteiger partial charge < -0.3 is 41.0 Å². The van der Waals surface area contributed by atoms with Gasteiger partial charge in [0, 0.05) is 12.8 Å². The maximum Gasteiger partial charge on any atom is 0.408 e. The van der Waals surface area contributed by atoms with Crippen molar-refractivity contribution in [1.29, 1.82) is 0 Å². The van der Waals surface area contributed by atoms with Gasteiger partial charge >= 0.3 is 12.2 Å². The highest BCUT2D eigenvalue weighted by Gasteiger charge is 2.39. The van der Waals surface area contributed by atoms with Crippen LogP contribution in [0.15, 0.2) is 121 Å². The van der Waals surface area contributed by atoms with Gasteiger partial charge in [-0.25, -0.2) is 9.59 Å². The number of benzene rings is 4. The van der Waals surface area contributed by atoms with E-state index in [0.717, 1.165) is 22.3 Å². The van der Waals surface area contributed by atoms with Gasteiger partial charge in [0.1, 0.15) is 37.5 Å². The molecule has 0 aliphatic heterocycles. The highest BCUT2D eigenvalue weighted by atomic mass is 16.6. The zero-order valence-corrected chi connectivity index (χ0v) is 32.3. The molecule has 0 spiro atoms. The first-order valence-electron chi connectivity index (χ1n) is 18.9. The normalized spacial score (nSPS) is 14.4. The maximum atomic E-state index is 13.9. The number of aliphatic hydroxyl groups is 2. The molecular weight excluding hydrogens is 713 g/mol. The number of carbonyl (C=O) groups excluding carboxylic acids is 4. The van der Waals surface area contributed by atoms with Crippen LogP contribution in [0.5, 0.6) is 0 Å². The Kier molecular flexibility index (Phi) is 16.9. The second-order valence-corrected chi connectivity index (χ2v) is 14.4. The van der Waals surface area contributed by atoms with Crippen LogP contribution in [0.1, 0.15) is 49.9 Å². The summed E-state index contributed by atoms with van der Waals surface area (Å²) in [4.78, 5) is 53.6. The van der Waals surface area contributed by atoms with Crippen LogP contribution in [-0.4, -0.2) is 70.6 Å². The van der Waals surface area contributed by atoms with Crippen LogP contribution in [-0.2, 0) is 45.1 Å². The average molecular weight is 767 g/mol. The molecule has 298 valence electrons. The minimum absolute atomic E-state index is 0.00475. The summed E-state index contributed by atoms with van der Waals surface area (Å²) >= 11 is 0. The van der Waals surface area contributed by atoms with E-state index in [2.05, 4.69) is 21.3 Å². The zero-order valence-electron chi connectivity index (χ0n) is 32.3. The van der Waals surface area contributed by atoms with Crippen LogP contribution in [0.25, 0.3) is 0 Å². The molecule has 12 nitrogen and oxygen atoms in total. The lowest BCUT2D eigenvalue weighted by Gasteiger charge is -2.37. The molecule has 0 bridgehead atoms. The summed E-state index contributed by atoms with van der Waals surface area (Å²) in [6, 6.07) is 32.4. The van der Waals surface area contributed by atoms with Crippen molar-refractivity contribution < 1.29 is 38.9 Å². The van der Waals surface area contributed by atoms with E-state index in [1.165, 1.54) is 0 Å². The second kappa shape index (κ2) is 22.0. The van der Waals surface area contributed by atoms with E-state index in [1.807, 2.05) is 121 Å². The third-order valence-corrected chi connectivity index (χ3v) is 9.35. The van der Waals surface area contributed by atoms with E-state index >= 15 is 0 Å². The number of rotatable bonds is 19. The van der Waals surface area contributed by atoms with E-state index in [-0.39, 0.29) is 37.9 Å². The van der Waals surface area contributed by atoms with Crippen molar-refractivity contribution in [2.45, 2.75) is 90.1 Å². The molecule has 56 heavy (non-hydrogen) atoms. The van der Waals surface area contributed by atoms with Crippen molar-refractivity contribution in [3.8, 4) is 0 Å². The monoisotopic (exact) mass is 766 g/mol. The number of alkyl carbamates (subject to hydrolysis) is 2. The van der Waals surface area contributed by atoms with Crippen molar-refractivity contribution in [3.05, 3.63) is 144 Å². The molecule has 0 aliphatic rings. The van der Waals surface area contributed by atoms with Crippen LogP contribution < -0.4 is 21.3 Å². The summed E-state index contributed by atoms with van der Waals surface area (Å²) in [6.45, 7) is 7.11. The van der Waals surface area contributed by atoms with Crippen LogP contribution in [0.3, 0.4) is 0 Å². The molecule has 6 N–H and O–H groups in total. The quantitative estimate of drug-likeness (QED) is 0.0768. The highest BCUT2D eigenvalue weighted by molar-refractivity contribution is 5.87. The van der Waals surface area contributed by atoms with E-state index < -0.39 is 60.4 Å². The van der Waals surface area contributed by atoms with Crippen molar-refractivity contribution >= 4 is 24.0 Å². The molecule has 0 fully saturated rings. The number of amides is 4. The molecule has 0 unspecified atom stereocenters. The summed E-state index contributed by atoms with van der Waals surface area (Å²) in [6.07, 6.45) is -4.43. The molecule has 4 rings (SSSR count). The number of carbonyl (C=O) groups is 4. The fraction of sp³-hybridized carbons (Fsp3) is 0.364. The van der Waals surface area contributed by atoms with E-state index in [9.17, 15) is 29.4 Å². The van der Waals surface area contributed by atoms with Crippen molar-refractivity contribution in [2.75, 3.05) is 0 Å². The largest absolute Gasteiger partial charge is 0.445 e. The van der Waals surface area contributed by atoms with Gasteiger partial charge in [0.15, 0.2) is 0 Å². The fourth-order valence-electron chi connectivity index (χ4n) is 6.18. The lowest BCUT2D eigenvalue weighted by molar-refractivity contribution is -0.129. The van der Waals surface area contributed by atoms with Crippen LogP contribution in [0.2, 0.25) is 0 Å². The minimum atomic E-state index is -1.55. The molecule has 12 heteroatoms. The summed E-state index contributed by atoms with van der Waals surface area (Å²) in [5.41, 5.74) is 3.12. The standard InChI is InChI=1S/C44H54N4O8/c1-29(2)37(47-41(51)35(25-31-17-9-5-10-18-31)45-43(53)55-27-33-21-13-7-14-22-33)39(49)40(50)38(30(3)4)48-42(52)36(26-32-19-11-6-12-20-32)46-44(54)56-28-34-23-15-8-16-24-34/h5-24,29-30,35-40,49-50H,25-28H2,1-4H3,(H,45,53)(H,46,54)(H,47,51)(H,48,52)/t35-,36-,37+,38+,39-,40-/m1/s1. The molecule has 0 aliphatic carbocycles. The van der Waals surface area contributed by atoms with E-state index in [0.29, 0.717) is 0 Å². The van der Waals surface area contributed by atoms with E-state index in [1.54, 1.807) is 27.7 Å². The fourth-order valence-corrected chi connectivity index (χ4v) is 6.18. The summed E-state index contributed by atoms with van der Waals surface area (Å²) in [5.74, 6) is -1.97.